The van der Waals surface area contributed by atoms with Crippen LogP contribution >= 0.6 is 0 Å². The first-order valence-electron chi connectivity index (χ1n) is 11.0. The van der Waals surface area contributed by atoms with E-state index in [1.54, 1.807) is 77.0 Å². The minimum Gasteiger partial charge on any atom is -0.0648 e. The summed E-state index contributed by atoms with van der Waals surface area (Å²) in [5.41, 5.74) is 1.46. The topological polar surface area (TPSA) is 0 Å². The highest BCUT2D eigenvalue weighted by atomic mass is 14.7. The lowest BCUT2D eigenvalue weighted by Crippen LogP contribution is -2.57. The zero-order valence-electron chi connectivity index (χ0n) is 15.2. The molecule has 0 saturated heterocycles. The number of hydrogen-bond donors (Lipinski definition) is 0. The van der Waals surface area contributed by atoms with E-state index in [1.165, 1.54) is 6.42 Å². The van der Waals surface area contributed by atoms with Crippen molar-refractivity contribution in [2.75, 3.05) is 0 Å². The molecule has 0 aromatic rings. The minimum atomic E-state index is 0.731. The van der Waals surface area contributed by atoms with Gasteiger partial charge in [0.1, 0.15) is 0 Å². The molecule has 0 heterocycles. The molecule has 23 heavy (non-hydrogen) atoms. The highest BCUT2D eigenvalue weighted by molar-refractivity contribution is 5.24. The first-order chi connectivity index (χ1) is 11.2. The van der Waals surface area contributed by atoms with Crippen molar-refractivity contribution in [1.29, 1.82) is 0 Å². The molecule has 8 bridgehead atoms. The molecule has 8 aliphatic rings. The van der Waals surface area contributed by atoms with Gasteiger partial charge in [-0.1, -0.05) is 6.92 Å². The quantitative estimate of drug-likeness (QED) is 0.565. The van der Waals surface area contributed by atoms with Gasteiger partial charge in [-0.3, -0.25) is 0 Å². The van der Waals surface area contributed by atoms with Crippen molar-refractivity contribution in [3.63, 3.8) is 0 Å². The van der Waals surface area contributed by atoms with Gasteiger partial charge in [0.05, 0.1) is 0 Å². The summed E-state index contributed by atoms with van der Waals surface area (Å²) >= 11 is 0. The Morgan fingerprint density at radius 2 is 0.826 bits per heavy atom. The van der Waals surface area contributed by atoms with Gasteiger partial charge in [0, 0.05) is 0 Å². The summed E-state index contributed by atoms with van der Waals surface area (Å²) in [7, 11) is 0. The van der Waals surface area contributed by atoms with Gasteiger partial charge in [0.15, 0.2) is 0 Å². The summed E-state index contributed by atoms with van der Waals surface area (Å²) < 4.78 is 0. The molecule has 0 aromatic carbocycles. The van der Waals surface area contributed by atoms with Gasteiger partial charge < -0.3 is 0 Å². The number of hydrogen-bond acceptors (Lipinski definition) is 0. The van der Waals surface area contributed by atoms with Crippen molar-refractivity contribution in [2.24, 2.45) is 46.3 Å². The first-order valence-corrected chi connectivity index (χ1v) is 11.0. The average Bonchev–Trinajstić information content (AvgIpc) is 2.43. The SMILES string of the molecule is CC[C](C12CC3CC(CC(C3)C1)C2)C12CC3CC(CC(C3)C1)C2. The molecule has 0 aliphatic heterocycles. The molecule has 0 aromatic heterocycles. The third-order valence-electron chi connectivity index (χ3n) is 9.71. The molecule has 0 amide bonds. The van der Waals surface area contributed by atoms with E-state index in [2.05, 4.69) is 12.8 Å². The molecule has 0 N–H and O–H groups in total. The lowest BCUT2D eigenvalue weighted by atomic mass is 9.38. The van der Waals surface area contributed by atoms with Crippen LogP contribution in [0.15, 0.2) is 0 Å². The molecule has 8 saturated carbocycles. The van der Waals surface area contributed by atoms with Crippen LogP contribution < -0.4 is 0 Å². The second kappa shape index (κ2) is 4.59. The Morgan fingerprint density at radius 3 is 1.04 bits per heavy atom. The van der Waals surface area contributed by atoms with Gasteiger partial charge >= 0.3 is 0 Å². The summed E-state index contributed by atoms with van der Waals surface area (Å²) in [4.78, 5) is 0. The fourth-order valence-corrected chi connectivity index (χ4v) is 10.3. The standard InChI is InChI=1S/C23H35/c1-2-21(22-9-15-3-16(10-22)5-17(4-15)11-22)23-12-18-6-19(13-23)8-20(7-18)14-23/h15-20H,2-14H2,1H3. The van der Waals surface area contributed by atoms with E-state index in [0.29, 0.717) is 0 Å². The molecule has 0 atom stereocenters. The van der Waals surface area contributed by atoms with Crippen molar-refractivity contribution in [3.05, 3.63) is 5.92 Å². The zero-order valence-corrected chi connectivity index (χ0v) is 15.2. The monoisotopic (exact) mass is 311 g/mol. The van der Waals surface area contributed by atoms with Crippen LogP contribution in [0.5, 0.6) is 0 Å². The molecule has 0 spiro atoms. The molecular formula is C23H35. The Balaban J connectivity index is 1.38. The van der Waals surface area contributed by atoms with Crippen LogP contribution in [0, 0.1) is 52.3 Å². The maximum absolute atomic E-state index is 2.55. The molecule has 0 heteroatoms. The van der Waals surface area contributed by atoms with Crippen LogP contribution in [0.2, 0.25) is 0 Å². The maximum atomic E-state index is 2.55. The van der Waals surface area contributed by atoms with E-state index < -0.39 is 0 Å². The Bertz CT molecular complexity index is 386. The van der Waals surface area contributed by atoms with Crippen LogP contribution in [-0.2, 0) is 0 Å². The molecule has 1 radical (unpaired) electrons. The van der Waals surface area contributed by atoms with Crippen molar-refractivity contribution in [3.8, 4) is 0 Å². The van der Waals surface area contributed by atoms with E-state index in [1.807, 2.05) is 0 Å². The normalized spacial score (nSPS) is 59.2. The largest absolute Gasteiger partial charge is 0.0648 e. The van der Waals surface area contributed by atoms with E-state index in [9.17, 15) is 0 Å². The van der Waals surface area contributed by atoms with Crippen LogP contribution in [0.25, 0.3) is 0 Å². The third kappa shape index (κ3) is 1.90. The van der Waals surface area contributed by atoms with Gasteiger partial charge in [-0.2, -0.15) is 0 Å². The predicted octanol–water partition coefficient (Wildman–Crippen LogP) is 6.40. The van der Waals surface area contributed by atoms with Crippen molar-refractivity contribution >= 4 is 0 Å². The molecule has 0 nitrogen and oxygen atoms in total. The Kier molecular flexibility index (Phi) is 2.83. The van der Waals surface area contributed by atoms with E-state index >= 15 is 0 Å². The van der Waals surface area contributed by atoms with Gasteiger partial charge in [0.25, 0.3) is 0 Å². The molecule has 8 aliphatic carbocycles. The van der Waals surface area contributed by atoms with Crippen LogP contribution in [0.4, 0.5) is 0 Å². The lowest BCUT2D eigenvalue weighted by molar-refractivity contribution is -0.106. The second-order valence-electron chi connectivity index (χ2n) is 11.2. The summed E-state index contributed by atoms with van der Waals surface area (Å²) in [5, 5.41) is 0. The summed E-state index contributed by atoms with van der Waals surface area (Å²) in [6.45, 7) is 2.55. The summed E-state index contributed by atoms with van der Waals surface area (Å²) in [5.74, 6) is 8.89. The lowest BCUT2D eigenvalue weighted by Gasteiger charge is -2.67. The average molecular weight is 312 g/mol. The van der Waals surface area contributed by atoms with E-state index in [4.69, 9.17) is 0 Å². The molecule has 8 fully saturated rings. The predicted molar refractivity (Wildman–Crippen MR) is 94.7 cm³/mol. The van der Waals surface area contributed by atoms with Crippen molar-refractivity contribution in [1.82, 2.24) is 0 Å². The maximum Gasteiger partial charge on any atom is -0.0120 e. The molecule has 127 valence electrons. The highest BCUT2D eigenvalue weighted by Crippen LogP contribution is 2.72. The van der Waals surface area contributed by atoms with Gasteiger partial charge in [-0.25, -0.2) is 0 Å². The van der Waals surface area contributed by atoms with Crippen LogP contribution in [0.1, 0.15) is 90.4 Å². The fourth-order valence-electron chi connectivity index (χ4n) is 10.3. The van der Waals surface area contributed by atoms with Crippen molar-refractivity contribution in [2.45, 2.75) is 90.4 Å². The van der Waals surface area contributed by atoms with Gasteiger partial charge in [-0.15, -0.1) is 0 Å². The van der Waals surface area contributed by atoms with Gasteiger partial charge in [0.2, 0.25) is 0 Å². The van der Waals surface area contributed by atoms with E-state index in [-0.39, 0.29) is 0 Å². The van der Waals surface area contributed by atoms with Crippen molar-refractivity contribution < 1.29 is 0 Å². The van der Waals surface area contributed by atoms with Gasteiger partial charge in [-0.05, 0) is 136 Å². The van der Waals surface area contributed by atoms with Crippen LogP contribution in [-0.4, -0.2) is 0 Å². The smallest absolute Gasteiger partial charge is 0.0120 e. The Labute approximate surface area is 143 Å². The Hall–Kier alpha value is 0. The molecular weight excluding hydrogens is 276 g/mol. The Morgan fingerprint density at radius 1 is 0.565 bits per heavy atom. The molecule has 8 rings (SSSR count). The highest BCUT2D eigenvalue weighted by Gasteiger charge is 2.62. The summed E-state index contributed by atoms with van der Waals surface area (Å²) in [6, 6.07) is 0. The minimum absolute atomic E-state index is 0.731. The zero-order chi connectivity index (χ0) is 15.2. The number of rotatable bonds is 3. The third-order valence-corrected chi connectivity index (χ3v) is 9.71. The summed E-state index contributed by atoms with van der Waals surface area (Å²) in [6.07, 6.45) is 20.8. The fraction of sp³-hybridized carbons (Fsp3) is 0.957. The van der Waals surface area contributed by atoms with E-state index in [0.717, 1.165) is 46.3 Å². The second-order valence-corrected chi connectivity index (χ2v) is 11.2. The first kappa shape index (κ1) is 14.2. The molecule has 0 unspecified atom stereocenters. The van der Waals surface area contributed by atoms with Crippen LogP contribution in [0.3, 0.4) is 0 Å².